The van der Waals surface area contributed by atoms with Crippen molar-refractivity contribution in [3.8, 4) is 5.75 Å². The highest BCUT2D eigenvalue weighted by molar-refractivity contribution is 6.05. The van der Waals surface area contributed by atoms with E-state index in [0.29, 0.717) is 29.0 Å². The SMILES string of the molecule is COC(=O)C1=C(N)N(c2cccc(C(F)(F)F)c2)C2=C(C(=O)CC(C)(C)C2)[C@@H]1c1ccc(OC)cc1. The molecule has 2 aromatic carbocycles. The van der Waals surface area contributed by atoms with Crippen LogP contribution in [0, 0.1) is 5.41 Å². The molecule has 0 saturated heterocycles. The standard InChI is InChI=1S/C27H27F3N2O4/c1-26(2)13-19-22(20(33)14-26)21(15-8-10-18(35-3)11-9-15)23(25(34)36-4)24(31)32(19)17-7-5-6-16(12-17)27(28,29)30/h5-12,21H,13-14,31H2,1-4H3/t21-/m0/s1. The fourth-order valence-electron chi connectivity index (χ4n) is 4.97. The molecule has 0 amide bonds. The van der Waals surface area contributed by atoms with Gasteiger partial charge in [-0.05, 0) is 47.7 Å². The molecular formula is C27H27F3N2O4. The first-order valence-electron chi connectivity index (χ1n) is 11.3. The summed E-state index contributed by atoms with van der Waals surface area (Å²) in [6, 6.07) is 11.5. The molecule has 9 heteroatoms. The lowest BCUT2D eigenvalue weighted by Crippen LogP contribution is -2.43. The van der Waals surface area contributed by atoms with Crippen LogP contribution in [0.25, 0.3) is 0 Å². The minimum atomic E-state index is -4.58. The van der Waals surface area contributed by atoms with Crippen LogP contribution in [0.2, 0.25) is 0 Å². The summed E-state index contributed by atoms with van der Waals surface area (Å²) in [5, 5.41) is 0. The summed E-state index contributed by atoms with van der Waals surface area (Å²) in [5.74, 6) is -1.31. The molecular weight excluding hydrogens is 473 g/mol. The monoisotopic (exact) mass is 500 g/mol. The summed E-state index contributed by atoms with van der Waals surface area (Å²) in [5.41, 5.74) is 6.74. The maximum absolute atomic E-state index is 13.6. The molecule has 190 valence electrons. The van der Waals surface area contributed by atoms with Gasteiger partial charge in [0, 0.05) is 23.4 Å². The number of benzene rings is 2. The van der Waals surface area contributed by atoms with Crippen LogP contribution in [0.5, 0.6) is 5.75 Å². The number of alkyl halides is 3. The van der Waals surface area contributed by atoms with Gasteiger partial charge < -0.3 is 15.2 Å². The van der Waals surface area contributed by atoms with Gasteiger partial charge in [0.2, 0.25) is 0 Å². The van der Waals surface area contributed by atoms with E-state index in [-0.39, 0.29) is 29.3 Å². The van der Waals surface area contributed by atoms with E-state index in [1.807, 2.05) is 13.8 Å². The number of hydrogen-bond acceptors (Lipinski definition) is 6. The largest absolute Gasteiger partial charge is 0.497 e. The first-order chi connectivity index (χ1) is 16.9. The summed E-state index contributed by atoms with van der Waals surface area (Å²) in [6.07, 6.45) is -4.00. The normalized spacial score (nSPS) is 19.8. The van der Waals surface area contributed by atoms with E-state index in [0.717, 1.165) is 12.1 Å². The summed E-state index contributed by atoms with van der Waals surface area (Å²) < 4.78 is 50.9. The lowest BCUT2D eigenvalue weighted by molar-refractivity contribution is -0.138. The molecule has 2 aliphatic rings. The average Bonchev–Trinajstić information content (AvgIpc) is 2.81. The molecule has 0 fully saturated rings. The van der Waals surface area contributed by atoms with Gasteiger partial charge in [-0.1, -0.05) is 32.0 Å². The van der Waals surface area contributed by atoms with E-state index in [1.165, 1.54) is 31.3 Å². The first kappa shape index (κ1) is 25.3. The van der Waals surface area contributed by atoms with Gasteiger partial charge in [-0.2, -0.15) is 13.2 Å². The van der Waals surface area contributed by atoms with E-state index in [2.05, 4.69) is 0 Å². The highest BCUT2D eigenvalue weighted by Gasteiger charge is 2.46. The fraction of sp³-hybridized carbons (Fsp3) is 0.333. The van der Waals surface area contributed by atoms with Crippen LogP contribution < -0.4 is 15.4 Å². The number of anilines is 1. The lowest BCUT2D eigenvalue weighted by Gasteiger charge is -2.44. The Morgan fingerprint density at radius 3 is 2.33 bits per heavy atom. The predicted octanol–water partition coefficient (Wildman–Crippen LogP) is 5.30. The molecule has 2 aromatic rings. The third kappa shape index (κ3) is 4.45. The van der Waals surface area contributed by atoms with Gasteiger partial charge in [-0.15, -0.1) is 0 Å². The molecule has 0 radical (unpaired) electrons. The van der Waals surface area contributed by atoms with Crippen LogP contribution >= 0.6 is 0 Å². The Labute approximate surface area is 207 Å². The summed E-state index contributed by atoms with van der Waals surface area (Å²) in [4.78, 5) is 28.1. The van der Waals surface area contributed by atoms with Gasteiger partial charge in [-0.3, -0.25) is 9.69 Å². The zero-order valence-corrected chi connectivity index (χ0v) is 20.4. The van der Waals surface area contributed by atoms with Gasteiger partial charge in [-0.25, -0.2) is 4.79 Å². The molecule has 1 aliphatic heterocycles. The second kappa shape index (κ2) is 9.04. The molecule has 4 rings (SSSR count). The van der Waals surface area contributed by atoms with Crippen molar-refractivity contribution < 1.29 is 32.2 Å². The number of methoxy groups -OCH3 is 2. The zero-order valence-electron chi connectivity index (χ0n) is 20.4. The minimum absolute atomic E-state index is 0.00751. The van der Waals surface area contributed by atoms with Crippen molar-refractivity contribution in [2.24, 2.45) is 11.1 Å². The maximum Gasteiger partial charge on any atom is 0.416 e. The average molecular weight is 501 g/mol. The van der Waals surface area contributed by atoms with Crippen LogP contribution in [0.15, 0.2) is 71.2 Å². The van der Waals surface area contributed by atoms with Crippen molar-refractivity contribution in [1.82, 2.24) is 0 Å². The lowest BCUT2D eigenvalue weighted by atomic mass is 9.68. The number of hydrogen-bond donors (Lipinski definition) is 1. The Morgan fingerprint density at radius 1 is 1.08 bits per heavy atom. The molecule has 1 heterocycles. The molecule has 0 aromatic heterocycles. The third-order valence-electron chi connectivity index (χ3n) is 6.55. The Morgan fingerprint density at radius 2 is 1.75 bits per heavy atom. The maximum atomic E-state index is 13.6. The van der Waals surface area contributed by atoms with Crippen LogP contribution in [0.4, 0.5) is 18.9 Å². The van der Waals surface area contributed by atoms with Crippen molar-refractivity contribution in [3.05, 3.63) is 82.3 Å². The number of allylic oxidation sites excluding steroid dienone is 2. The minimum Gasteiger partial charge on any atom is -0.497 e. The van der Waals surface area contributed by atoms with E-state index in [1.54, 1.807) is 24.3 Å². The highest BCUT2D eigenvalue weighted by Crippen LogP contribution is 2.51. The van der Waals surface area contributed by atoms with Gasteiger partial charge in [0.1, 0.15) is 11.6 Å². The number of rotatable bonds is 4. The Kier molecular flexibility index (Phi) is 6.36. The first-order valence-corrected chi connectivity index (χ1v) is 11.3. The van der Waals surface area contributed by atoms with E-state index >= 15 is 0 Å². The third-order valence-corrected chi connectivity index (χ3v) is 6.55. The van der Waals surface area contributed by atoms with Crippen LogP contribution in [0.1, 0.15) is 43.7 Å². The summed E-state index contributed by atoms with van der Waals surface area (Å²) in [6.45, 7) is 3.83. The molecule has 1 aliphatic carbocycles. The number of carbonyl (C=O) groups is 2. The number of ketones is 1. The van der Waals surface area contributed by atoms with Crippen molar-refractivity contribution in [2.75, 3.05) is 19.1 Å². The van der Waals surface area contributed by atoms with Crippen molar-refractivity contribution in [1.29, 1.82) is 0 Å². The number of carbonyl (C=O) groups excluding carboxylic acids is 2. The second-order valence-electron chi connectivity index (χ2n) is 9.68. The summed E-state index contributed by atoms with van der Waals surface area (Å²) in [7, 11) is 2.71. The van der Waals surface area contributed by atoms with E-state index in [9.17, 15) is 22.8 Å². The summed E-state index contributed by atoms with van der Waals surface area (Å²) >= 11 is 0. The Hall–Kier alpha value is -3.75. The van der Waals surface area contributed by atoms with Crippen molar-refractivity contribution in [3.63, 3.8) is 0 Å². The van der Waals surface area contributed by atoms with Gasteiger partial charge in [0.25, 0.3) is 0 Å². The molecule has 1 atom stereocenters. The van der Waals surface area contributed by atoms with Gasteiger partial charge >= 0.3 is 12.1 Å². The molecule has 0 saturated carbocycles. The number of ether oxygens (including phenoxy) is 2. The van der Waals surface area contributed by atoms with Crippen LogP contribution in [-0.4, -0.2) is 26.0 Å². The highest BCUT2D eigenvalue weighted by atomic mass is 19.4. The molecule has 0 unspecified atom stereocenters. The van der Waals surface area contributed by atoms with E-state index < -0.39 is 29.0 Å². The second-order valence-corrected chi connectivity index (χ2v) is 9.68. The smallest absolute Gasteiger partial charge is 0.416 e. The van der Waals surface area contributed by atoms with Crippen LogP contribution in [-0.2, 0) is 20.5 Å². The molecule has 6 nitrogen and oxygen atoms in total. The number of nitrogens with two attached hydrogens (primary N) is 1. The molecule has 36 heavy (non-hydrogen) atoms. The number of halogens is 3. The van der Waals surface area contributed by atoms with Crippen molar-refractivity contribution >= 4 is 17.4 Å². The molecule has 0 bridgehead atoms. The number of esters is 1. The number of nitrogens with zero attached hydrogens (tertiary/aromatic N) is 1. The zero-order chi connectivity index (χ0) is 26.4. The van der Waals surface area contributed by atoms with E-state index in [4.69, 9.17) is 15.2 Å². The van der Waals surface area contributed by atoms with Gasteiger partial charge in [0.15, 0.2) is 5.78 Å². The van der Waals surface area contributed by atoms with Crippen LogP contribution in [0.3, 0.4) is 0 Å². The quantitative estimate of drug-likeness (QED) is 0.574. The van der Waals surface area contributed by atoms with Crippen molar-refractivity contribution in [2.45, 2.75) is 38.8 Å². The topological polar surface area (TPSA) is 81.9 Å². The molecule has 0 spiro atoms. The fourth-order valence-corrected chi connectivity index (χ4v) is 4.97. The van der Waals surface area contributed by atoms with Gasteiger partial charge in [0.05, 0.1) is 31.3 Å². The predicted molar refractivity (Wildman–Crippen MR) is 128 cm³/mol. The molecule has 2 N–H and O–H groups in total. The Balaban J connectivity index is 2.02. The number of Topliss-reactive ketones (excluding diaryl/α,β-unsaturated/α-hetero) is 1. The Bertz CT molecular complexity index is 1280.